The summed E-state index contributed by atoms with van der Waals surface area (Å²) in [4.78, 5) is 11.5. The predicted octanol–water partition coefficient (Wildman–Crippen LogP) is 4.84. The van der Waals surface area contributed by atoms with Crippen LogP contribution in [0.15, 0.2) is 22.7 Å². The molecule has 0 N–H and O–H groups in total. The monoisotopic (exact) mass is 376 g/mol. The van der Waals surface area contributed by atoms with Gasteiger partial charge in [0.1, 0.15) is 5.75 Å². The van der Waals surface area contributed by atoms with Crippen LogP contribution in [-0.2, 0) is 0 Å². The lowest BCUT2D eigenvalue weighted by Gasteiger charge is -2.13. The van der Waals surface area contributed by atoms with Crippen LogP contribution in [0, 0.1) is 5.92 Å². The Morgan fingerprint density at radius 1 is 1.39 bits per heavy atom. The molecular formula is C14H18Br2O2. The van der Waals surface area contributed by atoms with Gasteiger partial charge in [-0.1, -0.05) is 38.8 Å². The normalized spacial score (nSPS) is 12.2. The predicted molar refractivity (Wildman–Crippen MR) is 81.8 cm³/mol. The standard InChI is InChI=1S/C14H18Br2O2/c1-10(5-7-15)6-8-18-14-4-3-12(16)9-13(14)11(2)17/h3-4,9-10H,5-8H2,1-2H3. The van der Waals surface area contributed by atoms with Crippen LogP contribution in [0.1, 0.15) is 37.0 Å². The van der Waals surface area contributed by atoms with Crippen LogP contribution < -0.4 is 4.74 Å². The average molecular weight is 378 g/mol. The second-order valence-electron chi connectivity index (χ2n) is 4.42. The molecule has 0 aliphatic heterocycles. The largest absolute Gasteiger partial charge is 0.493 e. The summed E-state index contributed by atoms with van der Waals surface area (Å²) < 4.78 is 6.61. The van der Waals surface area contributed by atoms with Crippen molar-refractivity contribution in [2.24, 2.45) is 5.92 Å². The Labute approximate surface area is 125 Å². The first-order chi connectivity index (χ1) is 8.54. The molecule has 1 aromatic carbocycles. The smallest absolute Gasteiger partial charge is 0.163 e. The molecule has 0 heterocycles. The molecule has 0 saturated carbocycles. The van der Waals surface area contributed by atoms with Gasteiger partial charge in [-0.15, -0.1) is 0 Å². The molecule has 18 heavy (non-hydrogen) atoms. The number of benzene rings is 1. The molecule has 0 saturated heterocycles. The molecule has 0 amide bonds. The van der Waals surface area contributed by atoms with Gasteiger partial charge in [-0.3, -0.25) is 4.79 Å². The number of alkyl halides is 1. The summed E-state index contributed by atoms with van der Waals surface area (Å²) in [5.41, 5.74) is 0.637. The van der Waals surface area contributed by atoms with E-state index < -0.39 is 0 Å². The Kier molecular flexibility index (Phi) is 6.94. The van der Waals surface area contributed by atoms with Crippen LogP contribution >= 0.6 is 31.9 Å². The molecular weight excluding hydrogens is 360 g/mol. The summed E-state index contributed by atoms with van der Waals surface area (Å²) in [6, 6.07) is 5.54. The lowest BCUT2D eigenvalue weighted by Crippen LogP contribution is -2.07. The zero-order valence-corrected chi connectivity index (χ0v) is 13.9. The molecule has 0 aliphatic carbocycles. The number of hydrogen-bond acceptors (Lipinski definition) is 2. The molecule has 0 aromatic heterocycles. The van der Waals surface area contributed by atoms with Gasteiger partial charge < -0.3 is 4.74 Å². The van der Waals surface area contributed by atoms with Crippen LogP contribution in [0.2, 0.25) is 0 Å². The first kappa shape index (κ1) is 15.7. The van der Waals surface area contributed by atoms with Gasteiger partial charge in [0.25, 0.3) is 0 Å². The second kappa shape index (κ2) is 7.95. The highest BCUT2D eigenvalue weighted by atomic mass is 79.9. The van der Waals surface area contributed by atoms with E-state index in [9.17, 15) is 4.79 Å². The van der Waals surface area contributed by atoms with Crippen molar-refractivity contribution in [1.82, 2.24) is 0 Å². The fraction of sp³-hybridized carbons (Fsp3) is 0.500. The molecule has 0 bridgehead atoms. The van der Waals surface area contributed by atoms with Gasteiger partial charge in [-0.2, -0.15) is 0 Å². The van der Waals surface area contributed by atoms with Gasteiger partial charge >= 0.3 is 0 Å². The number of ketones is 1. The van der Waals surface area contributed by atoms with Gasteiger partial charge in [0.05, 0.1) is 12.2 Å². The summed E-state index contributed by atoms with van der Waals surface area (Å²) in [5, 5.41) is 1.02. The fourth-order valence-electron chi connectivity index (χ4n) is 1.60. The number of halogens is 2. The Balaban J connectivity index is 2.59. The van der Waals surface area contributed by atoms with E-state index in [0.29, 0.717) is 23.8 Å². The lowest BCUT2D eigenvalue weighted by molar-refractivity contribution is 0.101. The summed E-state index contributed by atoms with van der Waals surface area (Å²) in [6.45, 7) is 4.41. The number of hydrogen-bond donors (Lipinski definition) is 0. The van der Waals surface area contributed by atoms with Crippen LogP contribution in [0.3, 0.4) is 0 Å². The fourth-order valence-corrected chi connectivity index (χ4v) is 2.75. The molecule has 0 spiro atoms. The van der Waals surface area contributed by atoms with Gasteiger partial charge in [0.2, 0.25) is 0 Å². The van der Waals surface area contributed by atoms with Crippen molar-refractivity contribution in [3.05, 3.63) is 28.2 Å². The quantitative estimate of drug-likeness (QED) is 0.501. The van der Waals surface area contributed by atoms with Crippen molar-refractivity contribution >= 4 is 37.6 Å². The molecule has 0 aliphatic rings. The first-order valence-corrected chi connectivity index (χ1v) is 7.95. The molecule has 0 fully saturated rings. The number of ether oxygens (including phenoxy) is 1. The Hall–Kier alpha value is -0.350. The first-order valence-electron chi connectivity index (χ1n) is 6.04. The molecule has 1 unspecified atom stereocenters. The Morgan fingerprint density at radius 2 is 2.11 bits per heavy atom. The SMILES string of the molecule is CC(=O)c1cc(Br)ccc1OCCC(C)CCBr. The highest BCUT2D eigenvalue weighted by Crippen LogP contribution is 2.24. The van der Waals surface area contributed by atoms with Gasteiger partial charge in [-0.05, 0) is 43.9 Å². The number of carbonyl (C=O) groups is 1. The maximum atomic E-state index is 11.5. The van der Waals surface area contributed by atoms with Crippen molar-refractivity contribution in [1.29, 1.82) is 0 Å². The zero-order chi connectivity index (χ0) is 13.5. The average Bonchev–Trinajstić information content (AvgIpc) is 2.31. The molecule has 1 rings (SSSR count). The third-order valence-electron chi connectivity index (χ3n) is 2.79. The van der Waals surface area contributed by atoms with E-state index in [0.717, 1.165) is 22.6 Å². The summed E-state index contributed by atoms with van der Waals surface area (Å²) >= 11 is 6.80. The third kappa shape index (κ3) is 5.11. The van der Waals surface area contributed by atoms with E-state index in [1.807, 2.05) is 12.1 Å². The van der Waals surface area contributed by atoms with E-state index in [-0.39, 0.29) is 5.78 Å². The molecule has 1 atom stereocenters. The summed E-state index contributed by atoms with van der Waals surface area (Å²) in [7, 11) is 0. The van der Waals surface area contributed by atoms with E-state index in [2.05, 4.69) is 38.8 Å². The molecule has 100 valence electrons. The van der Waals surface area contributed by atoms with E-state index >= 15 is 0 Å². The van der Waals surface area contributed by atoms with Crippen molar-refractivity contribution in [2.45, 2.75) is 26.7 Å². The van der Waals surface area contributed by atoms with Crippen LogP contribution in [0.5, 0.6) is 5.75 Å². The van der Waals surface area contributed by atoms with Crippen LogP contribution in [-0.4, -0.2) is 17.7 Å². The third-order valence-corrected chi connectivity index (χ3v) is 3.74. The van der Waals surface area contributed by atoms with E-state index in [1.54, 1.807) is 13.0 Å². The minimum Gasteiger partial charge on any atom is -0.493 e. The maximum Gasteiger partial charge on any atom is 0.163 e. The van der Waals surface area contributed by atoms with Crippen molar-refractivity contribution < 1.29 is 9.53 Å². The number of Topliss-reactive ketones (excluding diaryl/α,β-unsaturated/α-hetero) is 1. The highest BCUT2D eigenvalue weighted by Gasteiger charge is 2.09. The van der Waals surface area contributed by atoms with E-state index in [4.69, 9.17) is 4.74 Å². The Morgan fingerprint density at radius 3 is 2.72 bits per heavy atom. The second-order valence-corrected chi connectivity index (χ2v) is 6.13. The van der Waals surface area contributed by atoms with Gasteiger partial charge in [-0.25, -0.2) is 0 Å². The van der Waals surface area contributed by atoms with Crippen molar-refractivity contribution in [3.8, 4) is 5.75 Å². The number of rotatable bonds is 7. The zero-order valence-electron chi connectivity index (χ0n) is 10.7. The minimum atomic E-state index is 0.0276. The lowest BCUT2D eigenvalue weighted by atomic mass is 10.1. The topological polar surface area (TPSA) is 26.3 Å². The molecule has 2 nitrogen and oxygen atoms in total. The van der Waals surface area contributed by atoms with Crippen molar-refractivity contribution in [3.63, 3.8) is 0 Å². The van der Waals surface area contributed by atoms with Gasteiger partial charge in [0, 0.05) is 9.80 Å². The molecule has 4 heteroatoms. The molecule has 1 aromatic rings. The number of carbonyl (C=O) groups excluding carboxylic acids is 1. The molecule has 0 radical (unpaired) electrons. The Bertz CT molecular complexity index is 405. The van der Waals surface area contributed by atoms with Crippen LogP contribution in [0.25, 0.3) is 0 Å². The highest BCUT2D eigenvalue weighted by molar-refractivity contribution is 9.10. The summed E-state index contributed by atoms with van der Waals surface area (Å²) in [5.74, 6) is 1.33. The van der Waals surface area contributed by atoms with Crippen LogP contribution in [0.4, 0.5) is 0 Å². The summed E-state index contributed by atoms with van der Waals surface area (Å²) in [6.07, 6.45) is 2.14. The van der Waals surface area contributed by atoms with E-state index in [1.165, 1.54) is 0 Å². The maximum absolute atomic E-state index is 11.5. The minimum absolute atomic E-state index is 0.0276. The van der Waals surface area contributed by atoms with Gasteiger partial charge in [0.15, 0.2) is 5.78 Å². The van der Waals surface area contributed by atoms with Crippen molar-refractivity contribution in [2.75, 3.05) is 11.9 Å².